The van der Waals surface area contributed by atoms with Crippen molar-refractivity contribution >= 4 is 16.9 Å². The maximum absolute atomic E-state index is 12.0. The second-order valence-corrected chi connectivity index (χ2v) is 6.26. The van der Waals surface area contributed by atoms with Crippen LogP contribution in [0.25, 0.3) is 11.0 Å². The van der Waals surface area contributed by atoms with Gasteiger partial charge in [-0.3, -0.25) is 14.2 Å². The summed E-state index contributed by atoms with van der Waals surface area (Å²) < 4.78 is 9.26. The third-order valence-electron chi connectivity index (χ3n) is 3.96. The van der Waals surface area contributed by atoms with Gasteiger partial charge < -0.3 is 9.73 Å². The molecule has 1 N–H and O–H groups in total. The quantitative estimate of drug-likeness (QED) is 0.754. The second-order valence-electron chi connectivity index (χ2n) is 6.26. The van der Waals surface area contributed by atoms with Crippen molar-refractivity contribution in [2.45, 2.75) is 53.2 Å². The van der Waals surface area contributed by atoms with E-state index in [0.29, 0.717) is 19.5 Å². The van der Waals surface area contributed by atoms with E-state index in [1.165, 1.54) is 0 Å². The van der Waals surface area contributed by atoms with E-state index in [1.807, 2.05) is 41.5 Å². The first-order chi connectivity index (χ1) is 11.5. The molecule has 0 radical (unpaired) electrons. The van der Waals surface area contributed by atoms with Gasteiger partial charge in [0.15, 0.2) is 0 Å². The maximum Gasteiger partial charge on any atom is 0.222 e. The van der Waals surface area contributed by atoms with Crippen molar-refractivity contribution in [3.05, 3.63) is 35.5 Å². The fourth-order valence-corrected chi connectivity index (χ4v) is 2.80. The van der Waals surface area contributed by atoms with Gasteiger partial charge in [0.25, 0.3) is 0 Å². The highest BCUT2D eigenvalue weighted by Gasteiger charge is 2.15. The molecule has 3 aromatic heterocycles. The molecule has 0 aliphatic heterocycles. The SMILES string of the molecule is Cc1ccc(CNC(=O)CCn2ncc3c2c(C)nn3C(C)C)o1. The van der Waals surface area contributed by atoms with E-state index >= 15 is 0 Å². The van der Waals surface area contributed by atoms with Crippen LogP contribution in [0.4, 0.5) is 0 Å². The zero-order valence-electron chi connectivity index (χ0n) is 14.5. The van der Waals surface area contributed by atoms with Gasteiger partial charge >= 0.3 is 0 Å². The minimum absolute atomic E-state index is 0.0263. The van der Waals surface area contributed by atoms with Crippen LogP contribution in [-0.2, 0) is 17.9 Å². The first kappa shape index (κ1) is 16.3. The van der Waals surface area contributed by atoms with E-state index < -0.39 is 0 Å². The smallest absolute Gasteiger partial charge is 0.222 e. The predicted molar refractivity (Wildman–Crippen MR) is 90.5 cm³/mol. The summed E-state index contributed by atoms with van der Waals surface area (Å²) in [6.45, 7) is 8.97. The molecule has 0 spiro atoms. The Balaban J connectivity index is 1.62. The molecule has 0 saturated carbocycles. The van der Waals surface area contributed by atoms with Crippen LogP contribution in [0.1, 0.15) is 43.5 Å². The summed E-state index contributed by atoms with van der Waals surface area (Å²) >= 11 is 0. The Morgan fingerprint density at radius 2 is 2.12 bits per heavy atom. The van der Waals surface area contributed by atoms with Crippen molar-refractivity contribution in [3.8, 4) is 0 Å². The van der Waals surface area contributed by atoms with Crippen LogP contribution < -0.4 is 5.32 Å². The fraction of sp³-hybridized carbons (Fsp3) is 0.471. The number of aromatic nitrogens is 4. The van der Waals surface area contributed by atoms with E-state index in [4.69, 9.17) is 4.42 Å². The van der Waals surface area contributed by atoms with Gasteiger partial charge in [0, 0.05) is 12.5 Å². The summed E-state index contributed by atoms with van der Waals surface area (Å²) in [6.07, 6.45) is 2.18. The van der Waals surface area contributed by atoms with Crippen molar-refractivity contribution in [2.75, 3.05) is 0 Å². The third-order valence-corrected chi connectivity index (χ3v) is 3.96. The number of carbonyl (C=O) groups excluding carboxylic acids is 1. The largest absolute Gasteiger partial charge is 0.465 e. The molecule has 0 fully saturated rings. The molecule has 128 valence electrons. The van der Waals surface area contributed by atoms with Crippen LogP contribution in [0.5, 0.6) is 0 Å². The molecule has 3 heterocycles. The van der Waals surface area contributed by atoms with E-state index in [2.05, 4.69) is 29.4 Å². The number of carbonyl (C=O) groups is 1. The molecule has 0 aliphatic carbocycles. The Morgan fingerprint density at radius 1 is 1.33 bits per heavy atom. The van der Waals surface area contributed by atoms with Crippen molar-refractivity contribution in [3.63, 3.8) is 0 Å². The zero-order valence-corrected chi connectivity index (χ0v) is 14.5. The molecule has 0 atom stereocenters. The first-order valence-corrected chi connectivity index (χ1v) is 8.18. The van der Waals surface area contributed by atoms with Gasteiger partial charge in [0.05, 0.1) is 25.0 Å². The monoisotopic (exact) mass is 329 g/mol. The summed E-state index contributed by atoms with van der Waals surface area (Å²) in [7, 11) is 0. The molecule has 7 heteroatoms. The van der Waals surface area contributed by atoms with Gasteiger partial charge in [-0.15, -0.1) is 0 Å². The average molecular weight is 329 g/mol. The number of hydrogen-bond donors (Lipinski definition) is 1. The van der Waals surface area contributed by atoms with Crippen LogP contribution in [0.15, 0.2) is 22.7 Å². The topological polar surface area (TPSA) is 77.9 Å². The van der Waals surface area contributed by atoms with Gasteiger partial charge in [-0.25, -0.2) is 0 Å². The lowest BCUT2D eigenvalue weighted by Crippen LogP contribution is -2.23. The Bertz CT molecular complexity index is 856. The average Bonchev–Trinajstić information content (AvgIpc) is 3.21. The summed E-state index contributed by atoms with van der Waals surface area (Å²) in [5, 5.41) is 11.8. The third kappa shape index (κ3) is 3.20. The Kier molecular flexibility index (Phi) is 4.42. The minimum Gasteiger partial charge on any atom is -0.465 e. The number of furan rings is 1. The second kappa shape index (κ2) is 6.51. The highest BCUT2D eigenvalue weighted by Crippen LogP contribution is 2.21. The molecule has 24 heavy (non-hydrogen) atoms. The molecule has 0 aliphatic rings. The van der Waals surface area contributed by atoms with E-state index in [0.717, 1.165) is 28.2 Å². The maximum atomic E-state index is 12.0. The molecule has 0 unspecified atom stereocenters. The van der Waals surface area contributed by atoms with Gasteiger partial charge in [-0.05, 0) is 39.8 Å². The molecular formula is C17H23N5O2. The number of amides is 1. The number of nitrogens with zero attached hydrogens (tertiary/aromatic N) is 4. The van der Waals surface area contributed by atoms with Crippen LogP contribution in [0.2, 0.25) is 0 Å². The van der Waals surface area contributed by atoms with Crippen molar-refractivity contribution in [1.29, 1.82) is 0 Å². The lowest BCUT2D eigenvalue weighted by atomic mass is 10.3. The molecule has 0 bridgehead atoms. The first-order valence-electron chi connectivity index (χ1n) is 8.18. The Labute approximate surface area is 140 Å². The van der Waals surface area contributed by atoms with Crippen molar-refractivity contribution in [1.82, 2.24) is 24.9 Å². The summed E-state index contributed by atoms with van der Waals surface area (Å²) in [5.74, 6) is 1.58. The van der Waals surface area contributed by atoms with E-state index in [-0.39, 0.29) is 11.9 Å². The highest BCUT2D eigenvalue weighted by molar-refractivity contribution is 5.79. The predicted octanol–water partition coefficient (Wildman–Crippen LogP) is 2.73. The summed E-state index contributed by atoms with van der Waals surface area (Å²) in [5.41, 5.74) is 2.94. The zero-order chi connectivity index (χ0) is 17.3. The lowest BCUT2D eigenvalue weighted by molar-refractivity contribution is -0.121. The van der Waals surface area contributed by atoms with Crippen molar-refractivity contribution < 1.29 is 9.21 Å². The number of hydrogen-bond acceptors (Lipinski definition) is 4. The molecule has 0 aromatic carbocycles. The van der Waals surface area contributed by atoms with Gasteiger partial charge in [0.1, 0.15) is 22.6 Å². The minimum atomic E-state index is -0.0263. The Morgan fingerprint density at radius 3 is 2.79 bits per heavy atom. The molecular weight excluding hydrogens is 306 g/mol. The molecule has 3 rings (SSSR count). The fourth-order valence-electron chi connectivity index (χ4n) is 2.80. The molecule has 0 saturated heterocycles. The van der Waals surface area contributed by atoms with Gasteiger partial charge in [0.2, 0.25) is 5.91 Å². The van der Waals surface area contributed by atoms with Gasteiger partial charge in [-0.1, -0.05) is 0 Å². The van der Waals surface area contributed by atoms with Crippen LogP contribution in [0.3, 0.4) is 0 Å². The van der Waals surface area contributed by atoms with E-state index in [1.54, 1.807) is 0 Å². The summed E-state index contributed by atoms with van der Waals surface area (Å²) in [6, 6.07) is 4.03. The van der Waals surface area contributed by atoms with Crippen molar-refractivity contribution in [2.24, 2.45) is 0 Å². The molecule has 7 nitrogen and oxygen atoms in total. The number of fused-ring (bicyclic) bond motifs is 1. The number of rotatable bonds is 6. The summed E-state index contributed by atoms with van der Waals surface area (Å²) in [4.78, 5) is 12.0. The number of nitrogens with one attached hydrogen (secondary N) is 1. The lowest BCUT2D eigenvalue weighted by Gasteiger charge is -2.04. The molecule has 1 amide bonds. The van der Waals surface area contributed by atoms with E-state index in [9.17, 15) is 4.79 Å². The normalized spacial score (nSPS) is 11.5. The van der Waals surface area contributed by atoms with Crippen LogP contribution >= 0.6 is 0 Å². The van der Waals surface area contributed by atoms with Crippen LogP contribution in [0, 0.1) is 13.8 Å². The number of aryl methyl sites for hydroxylation is 3. The highest BCUT2D eigenvalue weighted by atomic mass is 16.3. The Hall–Kier alpha value is -2.57. The molecule has 3 aromatic rings. The standard InChI is InChI=1S/C17H23N5O2/c1-11(2)22-15-10-19-21(17(15)13(4)20-22)8-7-16(23)18-9-14-6-5-12(3)24-14/h5-6,10-11H,7-9H2,1-4H3,(H,18,23). The van der Waals surface area contributed by atoms with Crippen LogP contribution in [-0.4, -0.2) is 25.5 Å². The van der Waals surface area contributed by atoms with Gasteiger partial charge in [-0.2, -0.15) is 10.2 Å².